The minimum Gasteiger partial charge on any atom is -0.378 e. The van der Waals surface area contributed by atoms with Gasteiger partial charge in [0.05, 0.1) is 39.5 Å². The Balaban J connectivity index is 1.31. The zero-order valence-electron chi connectivity index (χ0n) is 23.7. The number of H-pyrrole nitrogens is 1. The van der Waals surface area contributed by atoms with E-state index in [1.165, 1.54) is 24.3 Å². The Kier molecular flexibility index (Phi) is 7.36. The van der Waals surface area contributed by atoms with E-state index in [0.29, 0.717) is 62.8 Å². The van der Waals surface area contributed by atoms with Crippen molar-refractivity contribution >= 4 is 23.2 Å². The number of aromatic nitrogens is 2. The Morgan fingerprint density at radius 1 is 0.956 bits per heavy atom. The van der Waals surface area contributed by atoms with E-state index in [1.807, 2.05) is 4.90 Å². The molecule has 8 nitrogen and oxygen atoms in total. The number of benzene rings is 2. The van der Waals surface area contributed by atoms with E-state index in [-0.39, 0.29) is 30.1 Å². The second-order valence-electron chi connectivity index (χ2n) is 11.0. The second kappa shape index (κ2) is 11.5. The summed E-state index contributed by atoms with van der Waals surface area (Å²) in [6.45, 7) is 0.581. The zero-order chi connectivity index (χ0) is 31.2. The minimum atomic E-state index is -1.00. The van der Waals surface area contributed by atoms with Crippen molar-refractivity contribution in [3.8, 4) is 21.8 Å². The number of hydrogen-bond acceptors (Lipinski definition) is 6. The molecule has 0 aliphatic carbocycles. The van der Waals surface area contributed by atoms with Crippen LogP contribution in [0.3, 0.4) is 0 Å². The molecule has 2 N–H and O–H groups in total. The molecule has 3 aromatic heterocycles. The highest BCUT2D eigenvalue weighted by molar-refractivity contribution is 7.17. The number of carbonyl (C=O) groups excluding carboxylic acids is 2. The fourth-order valence-electron chi connectivity index (χ4n) is 6.08. The van der Waals surface area contributed by atoms with Crippen LogP contribution >= 0.6 is 11.3 Å². The molecule has 5 heterocycles. The molecule has 12 heteroatoms. The number of hydrogen-bond donors (Lipinski definition) is 2. The molecule has 0 spiro atoms. The van der Waals surface area contributed by atoms with Crippen molar-refractivity contribution in [2.45, 2.75) is 38.3 Å². The van der Waals surface area contributed by atoms with Crippen LogP contribution in [0.4, 0.5) is 13.2 Å². The molecule has 2 aliphatic heterocycles. The van der Waals surface area contributed by atoms with Gasteiger partial charge in [-0.2, -0.15) is 5.16 Å². The first-order valence-corrected chi connectivity index (χ1v) is 15.2. The summed E-state index contributed by atoms with van der Waals surface area (Å²) in [6, 6.07) is 14.1. The number of nitrogens with one attached hydrogen (secondary N) is 2. The van der Waals surface area contributed by atoms with E-state index in [4.69, 9.17) is 9.51 Å². The molecule has 0 radical (unpaired) electrons. The number of carbonyl (C=O) groups is 2. The topological polar surface area (TPSA) is 108 Å². The summed E-state index contributed by atoms with van der Waals surface area (Å²) in [5.74, 6) is -2.71. The number of halogens is 3. The van der Waals surface area contributed by atoms with Gasteiger partial charge in [-0.15, -0.1) is 11.3 Å². The van der Waals surface area contributed by atoms with Gasteiger partial charge < -0.3 is 14.7 Å². The highest BCUT2D eigenvalue weighted by Crippen LogP contribution is 2.49. The lowest BCUT2D eigenvalue weighted by Crippen LogP contribution is -2.22. The standard InChI is InChI=1S/C33H25F3N4O4S/c34-19-7-3-17(4-8-19)6-10-22-28(24-15-27(41)39-44-24)29(30-31(38-22)23-2-1-13-40(23)33(30)43)25-11-12-26(45-25)32(42)37-16-18-5-9-20(35)21(36)14-18/h3-5,7-9,11-12,14-15,23H,1-2,6,10,13,16H2,(H,37,42)(H,39,41)/t23-/m0/s1. The third-order valence-electron chi connectivity index (χ3n) is 8.19. The molecule has 228 valence electrons. The van der Waals surface area contributed by atoms with Gasteiger partial charge in [-0.25, -0.2) is 13.2 Å². The van der Waals surface area contributed by atoms with Crippen molar-refractivity contribution in [1.82, 2.24) is 20.4 Å². The van der Waals surface area contributed by atoms with E-state index >= 15 is 0 Å². The summed E-state index contributed by atoms with van der Waals surface area (Å²) in [4.78, 5) is 47.0. The fraction of sp³-hybridized carbons (Fsp3) is 0.212. The van der Waals surface area contributed by atoms with Gasteiger partial charge >= 0.3 is 0 Å². The fourth-order valence-corrected chi connectivity index (χ4v) is 7.06. The summed E-state index contributed by atoms with van der Waals surface area (Å²) < 4.78 is 46.1. The number of aryl methyl sites for hydroxylation is 2. The summed E-state index contributed by atoms with van der Waals surface area (Å²) in [7, 11) is 0. The maximum atomic E-state index is 13.9. The Morgan fingerprint density at radius 3 is 2.51 bits per heavy atom. The smallest absolute Gasteiger partial charge is 0.280 e. The summed E-state index contributed by atoms with van der Waals surface area (Å²) in [6.07, 6.45) is 2.54. The van der Waals surface area contributed by atoms with Crippen LogP contribution in [0, 0.1) is 17.5 Å². The van der Waals surface area contributed by atoms with Crippen LogP contribution in [0.25, 0.3) is 21.8 Å². The molecular formula is C33H25F3N4O4S. The largest absolute Gasteiger partial charge is 0.378 e. The molecule has 2 aliphatic rings. The van der Waals surface area contributed by atoms with Gasteiger partial charge in [0.2, 0.25) is 0 Å². The number of thiophene rings is 1. The molecule has 5 aromatic rings. The molecular weight excluding hydrogens is 605 g/mol. The third kappa shape index (κ3) is 5.35. The Hall–Kier alpha value is -4.97. The number of rotatable bonds is 8. The van der Waals surface area contributed by atoms with Gasteiger partial charge in [0, 0.05) is 23.5 Å². The SMILES string of the molecule is O=C(NCc1ccc(F)c(F)c1)c1ccc(-c2c3c(nc(CCc4ccc(F)cc4)c2-c2cc(=O)[nH]o2)[C@@H]2CCCN2C3=O)s1. The first kappa shape index (κ1) is 28.8. The number of fused-ring (bicyclic) bond motifs is 3. The molecule has 0 saturated carbocycles. The lowest BCUT2D eigenvalue weighted by atomic mass is 9.92. The molecule has 1 atom stereocenters. The molecule has 2 aromatic carbocycles. The average molecular weight is 631 g/mol. The van der Waals surface area contributed by atoms with E-state index in [9.17, 15) is 27.6 Å². The predicted octanol–water partition coefficient (Wildman–Crippen LogP) is 6.18. The third-order valence-corrected chi connectivity index (χ3v) is 9.29. The molecule has 1 saturated heterocycles. The Labute approximate surface area is 258 Å². The van der Waals surface area contributed by atoms with Crippen molar-refractivity contribution < 1.29 is 27.3 Å². The summed E-state index contributed by atoms with van der Waals surface area (Å²) >= 11 is 1.16. The van der Waals surface area contributed by atoms with Crippen molar-refractivity contribution in [3.05, 3.63) is 121 Å². The van der Waals surface area contributed by atoms with Crippen molar-refractivity contribution in [1.29, 1.82) is 0 Å². The van der Waals surface area contributed by atoms with Crippen LogP contribution in [-0.4, -0.2) is 33.4 Å². The first-order valence-electron chi connectivity index (χ1n) is 14.4. The maximum Gasteiger partial charge on any atom is 0.280 e. The number of aromatic amines is 1. The van der Waals surface area contributed by atoms with Crippen LogP contribution in [-0.2, 0) is 19.4 Å². The monoisotopic (exact) mass is 630 g/mol. The number of pyridine rings is 1. The summed E-state index contributed by atoms with van der Waals surface area (Å²) in [5.41, 5.74) is 3.50. The zero-order valence-corrected chi connectivity index (χ0v) is 24.5. The van der Waals surface area contributed by atoms with Gasteiger partial charge in [0.25, 0.3) is 17.4 Å². The van der Waals surface area contributed by atoms with Crippen LogP contribution in [0.15, 0.2) is 70.0 Å². The molecule has 0 unspecified atom stereocenters. The van der Waals surface area contributed by atoms with E-state index in [2.05, 4.69) is 10.5 Å². The van der Waals surface area contributed by atoms with Crippen LogP contribution in [0.2, 0.25) is 0 Å². The first-order chi connectivity index (χ1) is 21.8. The predicted molar refractivity (Wildman–Crippen MR) is 160 cm³/mol. The second-order valence-corrected chi connectivity index (χ2v) is 12.1. The van der Waals surface area contributed by atoms with E-state index in [1.54, 1.807) is 24.3 Å². The van der Waals surface area contributed by atoms with Crippen molar-refractivity contribution in [2.75, 3.05) is 6.54 Å². The highest BCUT2D eigenvalue weighted by atomic mass is 32.1. The highest BCUT2D eigenvalue weighted by Gasteiger charge is 2.44. The minimum absolute atomic E-state index is 0.0175. The molecule has 0 bridgehead atoms. The lowest BCUT2D eigenvalue weighted by Gasteiger charge is -2.16. The van der Waals surface area contributed by atoms with Crippen LogP contribution in [0.1, 0.15) is 61.4 Å². The van der Waals surface area contributed by atoms with Gasteiger partial charge in [-0.1, -0.05) is 18.2 Å². The normalized spacial score (nSPS) is 15.4. The van der Waals surface area contributed by atoms with Gasteiger partial charge in [-0.3, -0.25) is 19.4 Å². The van der Waals surface area contributed by atoms with Gasteiger partial charge in [0.1, 0.15) is 5.82 Å². The van der Waals surface area contributed by atoms with Gasteiger partial charge in [0.15, 0.2) is 17.4 Å². The van der Waals surface area contributed by atoms with Crippen LogP contribution < -0.4 is 10.9 Å². The Morgan fingerprint density at radius 2 is 1.76 bits per heavy atom. The molecule has 45 heavy (non-hydrogen) atoms. The average Bonchev–Trinajstić information content (AvgIpc) is 3.84. The van der Waals surface area contributed by atoms with Crippen LogP contribution in [0.5, 0.6) is 0 Å². The summed E-state index contributed by atoms with van der Waals surface area (Å²) in [5, 5.41) is 5.06. The van der Waals surface area contributed by atoms with Crippen molar-refractivity contribution in [2.24, 2.45) is 0 Å². The van der Waals surface area contributed by atoms with E-state index < -0.39 is 23.1 Å². The van der Waals surface area contributed by atoms with Crippen molar-refractivity contribution in [3.63, 3.8) is 0 Å². The maximum absolute atomic E-state index is 13.9. The molecule has 1 fully saturated rings. The Bertz CT molecular complexity index is 2020. The number of nitrogens with zero attached hydrogens (tertiary/aromatic N) is 2. The van der Waals surface area contributed by atoms with E-state index in [0.717, 1.165) is 41.9 Å². The quantitative estimate of drug-likeness (QED) is 0.213. The molecule has 2 amide bonds. The van der Waals surface area contributed by atoms with Gasteiger partial charge in [-0.05, 0) is 73.2 Å². The molecule has 7 rings (SSSR count). The lowest BCUT2D eigenvalue weighted by molar-refractivity contribution is 0.0776. The number of amides is 2.